The Morgan fingerprint density at radius 1 is 0.732 bits per heavy atom. The Morgan fingerprint density at radius 3 is 1.66 bits per heavy atom. The summed E-state index contributed by atoms with van der Waals surface area (Å²) in [6.45, 7) is 0. The fourth-order valence-electron chi connectivity index (χ4n) is 3.20. The summed E-state index contributed by atoms with van der Waals surface area (Å²) in [6, 6.07) is 13.7. The molecule has 0 aliphatic rings. The van der Waals surface area contributed by atoms with Gasteiger partial charge in [0.2, 0.25) is 0 Å². The molecule has 0 spiro atoms. The van der Waals surface area contributed by atoms with Gasteiger partial charge in [0, 0.05) is 10.0 Å². The summed E-state index contributed by atoms with van der Waals surface area (Å²) >= 11 is 34.8. The highest BCUT2D eigenvalue weighted by atomic mass is 79.9. The number of carbonyl (C=O) groups is 2. The molecule has 16 heteroatoms. The normalized spacial score (nSPS) is 10.3. The summed E-state index contributed by atoms with van der Waals surface area (Å²) in [6.07, 6.45) is 0. The van der Waals surface area contributed by atoms with Gasteiger partial charge in [0.15, 0.2) is 0 Å². The molecule has 0 amide bonds. The minimum absolute atomic E-state index is 0.287. The third-order valence-electron chi connectivity index (χ3n) is 5.20. The van der Waals surface area contributed by atoms with Crippen molar-refractivity contribution in [2.24, 2.45) is 0 Å². The van der Waals surface area contributed by atoms with Crippen LogP contribution in [0.25, 0.3) is 0 Å². The van der Waals surface area contributed by atoms with E-state index >= 15 is 0 Å². The predicted octanol–water partition coefficient (Wildman–Crippen LogP) is 10.7. The van der Waals surface area contributed by atoms with Gasteiger partial charge in [-0.25, -0.2) is 0 Å². The third kappa shape index (κ3) is 7.08. The van der Waals surface area contributed by atoms with Crippen LogP contribution >= 0.6 is 135 Å². The van der Waals surface area contributed by atoms with Gasteiger partial charge >= 0.3 is 0 Å². The van der Waals surface area contributed by atoms with Crippen LogP contribution in [-0.2, 0) is 0 Å². The second-order valence-electron chi connectivity index (χ2n) is 7.52. The Kier molecular flexibility index (Phi) is 12.4. The lowest BCUT2D eigenvalue weighted by Gasteiger charge is -2.09. The fourth-order valence-corrected chi connectivity index (χ4v) is 8.27. The van der Waals surface area contributed by atoms with E-state index in [9.17, 15) is 9.59 Å². The standard InChI is InChI=1S/C13H6Br4N2O2.C12H3Br3Cl2N2O/c1-21-6-2-3-7(9(14)4-6)13(20)19-11(16)8(5-18)10(15)12(19)17;13-9-6(4-18)10(14)19(11(9)15)12(20)5-1-2-7(16)8(17)3-5/h2-4H,1H3;1-3H. The molecule has 0 bridgehead atoms. The van der Waals surface area contributed by atoms with Crippen LogP contribution in [0.1, 0.15) is 31.8 Å². The first-order valence-electron chi connectivity index (χ1n) is 10.5. The van der Waals surface area contributed by atoms with Gasteiger partial charge in [0.05, 0.1) is 31.7 Å². The average molecular weight is 1040 g/mol. The number of methoxy groups -OCH3 is 1. The Bertz CT molecular complexity index is 1810. The van der Waals surface area contributed by atoms with Crippen LogP contribution in [0, 0.1) is 22.7 Å². The highest BCUT2D eigenvalue weighted by Crippen LogP contribution is 2.38. The first kappa shape index (κ1) is 34.5. The Hall–Kier alpha value is -0.940. The number of ether oxygens (including phenoxy) is 1. The molecule has 2 aromatic carbocycles. The van der Waals surface area contributed by atoms with Crippen molar-refractivity contribution >= 4 is 147 Å². The molecule has 0 aliphatic heterocycles. The lowest BCUT2D eigenvalue weighted by atomic mass is 10.2. The van der Waals surface area contributed by atoms with Gasteiger partial charge < -0.3 is 4.74 Å². The van der Waals surface area contributed by atoms with E-state index in [1.54, 1.807) is 37.4 Å². The maximum Gasteiger partial charge on any atom is 0.264 e. The number of halogens is 9. The van der Waals surface area contributed by atoms with E-state index in [-0.39, 0.29) is 16.8 Å². The molecule has 41 heavy (non-hydrogen) atoms. The maximum atomic E-state index is 12.7. The van der Waals surface area contributed by atoms with Crippen LogP contribution in [0.2, 0.25) is 10.0 Å². The molecular weight excluding hydrogens is 1030 g/mol. The lowest BCUT2D eigenvalue weighted by Crippen LogP contribution is -2.13. The maximum absolute atomic E-state index is 12.7. The molecule has 2 heterocycles. The zero-order valence-corrected chi connectivity index (χ0v) is 32.5. The van der Waals surface area contributed by atoms with E-state index in [0.717, 1.165) is 0 Å². The summed E-state index contributed by atoms with van der Waals surface area (Å²) in [4.78, 5) is 25.2. The van der Waals surface area contributed by atoms with Crippen molar-refractivity contribution < 1.29 is 14.3 Å². The van der Waals surface area contributed by atoms with Crippen molar-refractivity contribution in [3.05, 3.63) is 101 Å². The third-order valence-corrected chi connectivity index (χ3v) is 12.2. The Labute approximate surface area is 302 Å². The van der Waals surface area contributed by atoms with Crippen LogP contribution in [0.4, 0.5) is 0 Å². The fraction of sp³-hybridized carbons (Fsp3) is 0.0400. The van der Waals surface area contributed by atoms with Crippen LogP contribution in [-0.4, -0.2) is 28.1 Å². The average Bonchev–Trinajstić information content (AvgIpc) is 3.30. The molecule has 0 saturated carbocycles. The molecule has 0 unspecified atom stereocenters. The number of hydrogen-bond donors (Lipinski definition) is 0. The van der Waals surface area contributed by atoms with E-state index in [0.29, 0.717) is 64.9 Å². The molecular formula is C25H9Br7Cl2N4O3. The van der Waals surface area contributed by atoms with Crippen LogP contribution in [0.5, 0.6) is 5.75 Å². The van der Waals surface area contributed by atoms with E-state index < -0.39 is 0 Å². The number of nitriles is 2. The zero-order valence-electron chi connectivity index (χ0n) is 19.9. The number of nitrogens with zero attached hydrogens (tertiary/aromatic N) is 4. The van der Waals surface area contributed by atoms with Gasteiger partial charge in [-0.3, -0.25) is 18.7 Å². The van der Waals surface area contributed by atoms with Crippen molar-refractivity contribution in [2.75, 3.05) is 7.11 Å². The van der Waals surface area contributed by atoms with Crippen molar-refractivity contribution in [1.82, 2.24) is 9.13 Å². The summed E-state index contributed by atoms with van der Waals surface area (Å²) in [5, 5.41) is 18.9. The summed E-state index contributed by atoms with van der Waals surface area (Å²) in [5.41, 5.74) is 1.47. The van der Waals surface area contributed by atoms with E-state index in [4.69, 9.17) is 38.5 Å². The summed E-state index contributed by atoms with van der Waals surface area (Å²) in [7, 11) is 1.55. The molecule has 0 N–H and O–H groups in total. The molecule has 0 aliphatic carbocycles. The van der Waals surface area contributed by atoms with Crippen LogP contribution < -0.4 is 4.74 Å². The Balaban J connectivity index is 0.000000226. The molecule has 4 aromatic rings. The minimum atomic E-state index is -0.343. The molecule has 0 saturated heterocycles. The molecule has 0 atom stereocenters. The highest BCUT2D eigenvalue weighted by molar-refractivity contribution is 9.13. The van der Waals surface area contributed by atoms with Crippen molar-refractivity contribution in [3.8, 4) is 17.9 Å². The first-order chi connectivity index (χ1) is 19.3. The van der Waals surface area contributed by atoms with Crippen molar-refractivity contribution in [3.63, 3.8) is 0 Å². The van der Waals surface area contributed by atoms with Crippen molar-refractivity contribution in [2.45, 2.75) is 0 Å². The molecule has 210 valence electrons. The quantitative estimate of drug-likeness (QED) is 0.203. The van der Waals surface area contributed by atoms with Gasteiger partial charge in [0.25, 0.3) is 11.8 Å². The largest absolute Gasteiger partial charge is 0.497 e. The predicted molar refractivity (Wildman–Crippen MR) is 181 cm³/mol. The van der Waals surface area contributed by atoms with Crippen molar-refractivity contribution in [1.29, 1.82) is 10.5 Å². The van der Waals surface area contributed by atoms with E-state index in [1.165, 1.54) is 15.2 Å². The van der Waals surface area contributed by atoms with Gasteiger partial charge in [-0.15, -0.1) is 0 Å². The van der Waals surface area contributed by atoms with Gasteiger partial charge in [-0.2, -0.15) is 10.5 Å². The monoisotopic (exact) mass is 1040 g/mol. The van der Waals surface area contributed by atoms with Gasteiger partial charge in [-0.1, -0.05) is 23.2 Å². The SMILES string of the molecule is COc1ccc(C(=O)n2c(Br)c(Br)c(C#N)c2Br)c(Br)c1.N#Cc1c(Br)c(Br)n(C(=O)c2ccc(Cl)c(Cl)c2)c1Br. The number of rotatable bonds is 3. The molecule has 0 radical (unpaired) electrons. The van der Waals surface area contributed by atoms with E-state index in [2.05, 4.69) is 112 Å². The topological polar surface area (TPSA) is 101 Å². The van der Waals surface area contributed by atoms with Crippen LogP contribution in [0.15, 0.2) is 68.2 Å². The minimum Gasteiger partial charge on any atom is -0.497 e. The number of benzene rings is 2. The number of aromatic nitrogens is 2. The Morgan fingerprint density at radius 2 is 1.24 bits per heavy atom. The summed E-state index contributed by atoms with van der Waals surface area (Å²) in [5.74, 6) is 0.0120. The van der Waals surface area contributed by atoms with E-state index in [1.807, 2.05) is 12.1 Å². The highest BCUT2D eigenvalue weighted by Gasteiger charge is 2.25. The van der Waals surface area contributed by atoms with Gasteiger partial charge in [0.1, 0.15) is 47.4 Å². The second-order valence-corrected chi connectivity index (χ2v) is 13.8. The summed E-state index contributed by atoms with van der Waals surface area (Å²) < 4.78 is 11.1. The zero-order chi connectivity index (χ0) is 30.8. The molecule has 4 rings (SSSR count). The molecule has 0 fully saturated rings. The number of carbonyl (C=O) groups excluding carboxylic acids is 2. The van der Waals surface area contributed by atoms with Gasteiger partial charge in [-0.05, 0) is 148 Å². The second kappa shape index (κ2) is 14.7. The molecule has 2 aromatic heterocycles. The van der Waals surface area contributed by atoms with Crippen LogP contribution in [0.3, 0.4) is 0 Å². The smallest absolute Gasteiger partial charge is 0.264 e. The number of hydrogen-bond acceptors (Lipinski definition) is 5. The molecule has 7 nitrogen and oxygen atoms in total. The first-order valence-corrected chi connectivity index (χ1v) is 16.8. The lowest BCUT2D eigenvalue weighted by molar-refractivity contribution is 0.0947.